The molecule has 6 heteroatoms. The monoisotopic (exact) mass is 283 g/mol. The Bertz CT molecular complexity index is 537. The van der Waals surface area contributed by atoms with Crippen molar-refractivity contribution in [2.45, 2.75) is 49.5 Å². The van der Waals surface area contributed by atoms with E-state index in [0.29, 0.717) is 5.69 Å². The highest BCUT2D eigenvalue weighted by Crippen LogP contribution is 2.30. The maximum Gasteiger partial charge on any atom is 0.244 e. The van der Waals surface area contributed by atoms with Gasteiger partial charge in [0.25, 0.3) is 0 Å². The van der Waals surface area contributed by atoms with Crippen molar-refractivity contribution < 1.29 is 8.42 Å². The van der Waals surface area contributed by atoms with Crippen molar-refractivity contribution in [3.8, 4) is 0 Å². The van der Waals surface area contributed by atoms with Crippen LogP contribution in [0.4, 0.5) is 5.69 Å². The molecule has 0 unspecified atom stereocenters. The van der Waals surface area contributed by atoms with Crippen LogP contribution in [-0.4, -0.2) is 26.0 Å². The number of nitrogens with zero attached hydrogens (tertiary/aromatic N) is 1. The first-order valence-corrected chi connectivity index (χ1v) is 8.11. The van der Waals surface area contributed by atoms with Crippen LogP contribution in [-0.2, 0) is 10.0 Å². The largest absolute Gasteiger partial charge is 0.387 e. The maximum atomic E-state index is 12.5. The highest BCUT2D eigenvalue weighted by molar-refractivity contribution is 7.89. The van der Waals surface area contributed by atoms with Gasteiger partial charge in [-0.05, 0) is 25.8 Å². The van der Waals surface area contributed by atoms with Crippen LogP contribution in [0, 0.1) is 0 Å². The van der Waals surface area contributed by atoms with Gasteiger partial charge in [0.2, 0.25) is 10.0 Å². The summed E-state index contributed by atoms with van der Waals surface area (Å²) in [6.45, 7) is 1.99. The average Bonchev–Trinajstić information content (AvgIpc) is 2.38. The van der Waals surface area contributed by atoms with Gasteiger partial charge in [-0.15, -0.1) is 0 Å². The van der Waals surface area contributed by atoms with E-state index in [1.807, 2.05) is 6.92 Å². The number of nitrogens with one attached hydrogen (secondary N) is 2. The highest BCUT2D eigenvalue weighted by atomic mass is 32.2. The molecule has 1 aliphatic rings. The quantitative estimate of drug-likeness (QED) is 0.888. The van der Waals surface area contributed by atoms with E-state index in [4.69, 9.17) is 0 Å². The molecule has 1 aromatic heterocycles. The van der Waals surface area contributed by atoms with Crippen LogP contribution in [0.15, 0.2) is 23.4 Å². The van der Waals surface area contributed by atoms with E-state index in [1.165, 1.54) is 12.6 Å². The van der Waals surface area contributed by atoms with Crippen LogP contribution in [0.3, 0.4) is 0 Å². The second-order valence-corrected chi connectivity index (χ2v) is 7.00. The normalized spacial score (nSPS) is 19.1. The number of hydrogen-bond donors (Lipinski definition) is 2. The summed E-state index contributed by atoms with van der Waals surface area (Å²) in [6, 6.07) is 1.66. The van der Waals surface area contributed by atoms with Gasteiger partial charge in [0.05, 0.1) is 5.69 Å². The van der Waals surface area contributed by atoms with Crippen LogP contribution in [0.25, 0.3) is 0 Å². The molecule has 0 saturated heterocycles. The van der Waals surface area contributed by atoms with E-state index in [-0.39, 0.29) is 10.4 Å². The first kappa shape index (κ1) is 14.3. The fourth-order valence-corrected chi connectivity index (χ4v) is 4.24. The molecule has 1 fully saturated rings. The Morgan fingerprint density at radius 3 is 2.58 bits per heavy atom. The summed E-state index contributed by atoms with van der Waals surface area (Å²) < 4.78 is 27.8. The molecule has 1 aromatic rings. The van der Waals surface area contributed by atoms with Crippen molar-refractivity contribution in [1.82, 2.24) is 9.71 Å². The Kier molecular flexibility index (Phi) is 4.10. The topological polar surface area (TPSA) is 71.1 Å². The number of pyridine rings is 1. The number of anilines is 1. The molecule has 0 bridgehead atoms. The molecule has 2 N–H and O–H groups in total. The summed E-state index contributed by atoms with van der Waals surface area (Å²) in [5.74, 6) is 0. The van der Waals surface area contributed by atoms with E-state index in [0.717, 1.165) is 25.7 Å². The van der Waals surface area contributed by atoms with Crippen LogP contribution in [0.1, 0.15) is 39.0 Å². The molecular weight excluding hydrogens is 262 g/mol. The van der Waals surface area contributed by atoms with E-state index < -0.39 is 10.0 Å². The maximum absolute atomic E-state index is 12.5. The van der Waals surface area contributed by atoms with E-state index in [9.17, 15) is 8.42 Å². The van der Waals surface area contributed by atoms with Crippen molar-refractivity contribution in [2.24, 2.45) is 0 Å². The molecule has 1 saturated carbocycles. The van der Waals surface area contributed by atoms with Gasteiger partial charge in [-0.3, -0.25) is 4.98 Å². The van der Waals surface area contributed by atoms with Crippen molar-refractivity contribution in [3.05, 3.63) is 18.5 Å². The third-order valence-electron chi connectivity index (χ3n) is 3.68. The molecule has 106 valence electrons. The van der Waals surface area contributed by atoms with Gasteiger partial charge in [0.1, 0.15) is 4.90 Å². The molecular formula is C13H21N3O2S. The van der Waals surface area contributed by atoms with Crippen LogP contribution < -0.4 is 10.0 Å². The van der Waals surface area contributed by atoms with Crippen molar-refractivity contribution in [2.75, 3.05) is 12.4 Å². The number of hydrogen-bond acceptors (Lipinski definition) is 4. The standard InChI is InChI=1S/C13H21N3O2S/c1-13(7-4-3-5-8-13)16-19(17,18)12-10-15-9-6-11(12)14-2/h6,9-10,16H,3-5,7-8H2,1-2H3,(H,14,15). The molecule has 2 rings (SSSR count). The lowest BCUT2D eigenvalue weighted by atomic mass is 9.84. The lowest BCUT2D eigenvalue weighted by molar-refractivity contribution is 0.294. The van der Waals surface area contributed by atoms with Crippen LogP contribution in [0.2, 0.25) is 0 Å². The second-order valence-electron chi connectivity index (χ2n) is 5.35. The van der Waals surface area contributed by atoms with Crippen molar-refractivity contribution in [3.63, 3.8) is 0 Å². The molecule has 1 aliphatic carbocycles. The van der Waals surface area contributed by atoms with Crippen LogP contribution in [0.5, 0.6) is 0 Å². The molecule has 0 radical (unpaired) electrons. The molecule has 0 amide bonds. The fourth-order valence-electron chi connectivity index (χ4n) is 2.61. The van der Waals surface area contributed by atoms with E-state index in [1.54, 1.807) is 19.3 Å². The molecule has 0 spiro atoms. The summed E-state index contributed by atoms with van der Waals surface area (Å²) in [5.41, 5.74) is 0.236. The zero-order valence-electron chi connectivity index (χ0n) is 11.4. The Hall–Kier alpha value is -1.14. The van der Waals surface area contributed by atoms with Gasteiger partial charge in [0, 0.05) is 25.0 Å². The number of aromatic nitrogens is 1. The Labute approximate surface area is 114 Å². The highest BCUT2D eigenvalue weighted by Gasteiger charge is 2.33. The summed E-state index contributed by atoms with van der Waals surface area (Å²) in [4.78, 5) is 4.13. The van der Waals surface area contributed by atoms with Crippen molar-refractivity contribution >= 4 is 15.7 Å². The summed E-state index contributed by atoms with van der Waals surface area (Å²) >= 11 is 0. The molecule has 19 heavy (non-hydrogen) atoms. The van der Waals surface area contributed by atoms with Gasteiger partial charge >= 0.3 is 0 Å². The molecule has 0 aliphatic heterocycles. The second kappa shape index (κ2) is 5.46. The minimum Gasteiger partial charge on any atom is -0.387 e. The predicted octanol–water partition coefficient (Wildman–Crippen LogP) is 2.12. The van der Waals surface area contributed by atoms with Crippen molar-refractivity contribution in [1.29, 1.82) is 0 Å². The molecule has 5 nitrogen and oxygen atoms in total. The van der Waals surface area contributed by atoms with Gasteiger partial charge in [-0.25, -0.2) is 13.1 Å². The Morgan fingerprint density at radius 2 is 1.95 bits per heavy atom. The smallest absolute Gasteiger partial charge is 0.244 e. The average molecular weight is 283 g/mol. The van der Waals surface area contributed by atoms with Gasteiger partial charge < -0.3 is 5.32 Å². The van der Waals surface area contributed by atoms with E-state index in [2.05, 4.69) is 15.0 Å². The summed E-state index contributed by atoms with van der Waals surface area (Å²) in [6.07, 6.45) is 8.08. The first-order chi connectivity index (χ1) is 8.97. The molecule has 0 aromatic carbocycles. The molecule has 0 atom stereocenters. The predicted molar refractivity (Wildman–Crippen MR) is 75.6 cm³/mol. The van der Waals surface area contributed by atoms with Gasteiger partial charge in [0.15, 0.2) is 0 Å². The minimum absolute atomic E-state index is 0.212. The van der Waals surface area contributed by atoms with Gasteiger partial charge in [-0.1, -0.05) is 19.3 Å². The van der Waals surface area contributed by atoms with Crippen LogP contribution >= 0.6 is 0 Å². The Balaban J connectivity index is 2.27. The first-order valence-electron chi connectivity index (χ1n) is 6.63. The lowest BCUT2D eigenvalue weighted by Gasteiger charge is -2.34. The summed E-state index contributed by atoms with van der Waals surface area (Å²) in [5, 5.41) is 2.89. The zero-order valence-corrected chi connectivity index (χ0v) is 12.3. The third-order valence-corrected chi connectivity index (χ3v) is 5.35. The minimum atomic E-state index is -3.54. The van der Waals surface area contributed by atoms with E-state index >= 15 is 0 Å². The molecule has 1 heterocycles. The third kappa shape index (κ3) is 3.25. The lowest BCUT2D eigenvalue weighted by Crippen LogP contribution is -2.47. The zero-order chi connectivity index (χ0) is 13.9. The fraction of sp³-hybridized carbons (Fsp3) is 0.615. The number of sulfonamides is 1. The summed E-state index contributed by atoms with van der Waals surface area (Å²) in [7, 11) is -1.83. The number of rotatable bonds is 4. The SMILES string of the molecule is CNc1ccncc1S(=O)(=O)NC1(C)CCCCC1. The Morgan fingerprint density at radius 1 is 1.26 bits per heavy atom. The van der Waals surface area contributed by atoms with Gasteiger partial charge in [-0.2, -0.15) is 0 Å².